The second kappa shape index (κ2) is 11.2. The maximum atomic E-state index is 14.5. The quantitative estimate of drug-likeness (QED) is 0.380. The monoisotopic (exact) mass is 423 g/mol. The number of rotatable bonds is 7. The molecule has 8 heteroatoms. The molecular formula is C21H26FNO5S. The zero-order chi connectivity index (χ0) is 21.4. The lowest BCUT2D eigenvalue weighted by Gasteiger charge is -2.38. The van der Waals surface area contributed by atoms with Crippen LogP contribution in [0, 0.1) is 12.7 Å². The third kappa shape index (κ3) is 5.48. The fourth-order valence-corrected chi connectivity index (χ4v) is 4.66. The van der Waals surface area contributed by atoms with Crippen molar-refractivity contribution in [2.75, 3.05) is 6.54 Å². The molecule has 1 aromatic heterocycles. The normalized spacial score (nSPS) is 17.0. The molecule has 0 fully saturated rings. The molecule has 0 spiro atoms. The molecule has 0 amide bonds. The molecule has 158 valence electrons. The van der Waals surface area contributed by atoms with Crippen molar-refractivity contribution in [3.05, 3.63) is 57.0 Å². The number of aryl methyl sites for hydroxylation is 1. The van der Waals surface area contributed by atoms with Gasteiger partial charge < -0.3 is 5.11 Å². The Morgan fingerprint density at radius 3 is 2.76 bits per heavy atom. The van der Waals surface area contributed by atoms with Crippen LogP contribution in [0.4, 0.5) is 4.39 Å². The molecule has 2 heterocycles. The van der Waals surface area contributed by atoms with Crippen molar-refractivity contribution in [2.24, 2.45) is 0 Å². The Hall–Kier alpha value is -2.13. The Balaban J connectivity index is 0.000000941. The second-order valence-electron chi connectivity index (χ2n) is 6.78. The number of halogens is 1. The summed E-state index contributed by atoms with van der Waals surface area (Å²) in [6.45, 7) is 4.30. The van der Waals surface area contributed by atoms with E-state index in [1.54, 1.807) is 34.4 Å². The van der Waals surface area contributed by atoms with Gasteiger partial charge in [0.15, 0.2) is 12.0 Å². The summed E-state index contributed by atoms with van der Waals surface area (Å²) in [5.41, 5.74) is 1.21. The van der Waals surface area contributed by atoms with Crippen molar-refractivity contribution < 1.29 is 29.2 Å². The maximum absolute atomic E-state index is 14.5. The third-order valence-corrected chi connectivity index (χ3v) is 5.97. The predicted octanol–water partition coefficient (Wildman–Crippen LogP) is 4.74. The molecular weight excluding hydrogens is 397 g/mol. The first-order chi connectivity index (χ1) is 14.0. The van der Waals surface area contributed by atoms with Crippen molar-refractivity contribution in [3.8, 4) is 0 Å². The summed E-state index contributed by atoms with van der Waals surface area (Å²) >= 11 is 1.67. The molecule has 2 aromatic rings. The summed E-state index contributed by atoms with van der Waals surface area (Å²) in [4.78, 5) is 30.2. The molecule has 1 aromatic carbocycles. The van der Waals surface area contributed by atoms with Crippen molar-refractivity contribution in [2.45, 2.75) is 51.8 Å². The molecule has 1 aliphatic rings. The van der Waals surface area contributed by atoms with E-state index >= 15 is 0 Å². The lowest BCUT2D eigenvalue weighted by molar-refractivity contribution is -0.323. The molecule has 2 atom stereocenters. The highest BCUT2D eigenvalue weighted by Crippen LogP contribution is 2.41. The molecule has 2 unspecified atom stereocenters. The number of carboxylic acid groups (broad SMARTS) is 1. The average molecular weight is 424 g/mol. The van der Waals surface area contributed by atoms with Gasteiger partial charge in [-0.15, -0.1) is 11.3 Å². The largest absolute Gasteiger partial charge is 0.483 e. The van der Waals surface area contributed by atoms with Crippen LogP contribution in [0.25, 0.3) is 0 Å². The smallest absolute Gasteiger partial charge is 0.290 e. The van der Waals surface area contributed by atoms with E-state index in [1.807, 2.05) is 19.9 Å². The minimum Gasteiger partial charge on any atom is -0.483 e. The Morgan fingerprint density at radius 2 is 2.14 bits per heavy atom. The topological polar surface area (TPSA) is 87.1 Å². The Labute approximate surface area is 173 Å². The number of thiophene rings is 1. The minimum absolute atomic E-state index is 0.0469. The van der Waals surface area contributed by atoms with E-state index in [0.29, 0.717) is 18.5 Å². The number of benzene rings is 1. The van der Waals surface area contributed by atoms with Gasteiger partial charge in [-0.2, -0.15) is 0 Å². The van der Waals surface area contributed by atoms with E-state index in [4.69, 9.17) is 14.8 Å². The van der Waals surface area contributed by atoms with Gasteiger partial charge >= 0.3 is 0 Å². The minimum atomic E-state index is -0.770. The Bertz CT molecular complexity index is 825. The summed E-state index contributed by atoms with van der Waals surface area (Å²) in [6.07, 6.45) is 2.01. The summed E-state index contributed by atoms with van der Waals surface area (Å²) in [7, 11) is 0. The number of hydrogen-bond donors (Lipinski definition) is 2. The van der Waals surface area contributed by atoms with Crippen LogP contribution in [0.5, 0.6) is 0 Å². The first-order valence-corrected chi connectivity index (χ1v) is 10.3. The van der Waals surface area contributed by atoms with Crippen LogP contribution in [0.1, 0.15) is 59.3 Å². The fraction of sp³-hybridized carbons (Fsp3) is 0.429. The fourth-order valence-electron chi connectivity index (χ4n) is 3.62. The van der Waals surface area contributed by atoms with Gasteiger partial charge in [-0.25, -0.2) is 14.5 Å². The predicted molar refractivity (Wildman–Crippen MR) is 108 cm³/mol. The molecule has 29 heavy (non-hydrogen) atoms. The SMILES string of the molecule is CCCCC(=O)C(c1ccccc1F)N1CCc2sc(C)cc2C1OO.O=CO. The molecule has 0 aliphatic carbocycles. The van der Waals surface area contributed by atoms with Crippen LogP contribution in [0.2, 0.25) is 0 Å². The molecule has 2 N–H and O–H groups in total. The molecule has 0 radical (unpaired) electrons. The number of ketones is 1. The maximum Gasteiger partial charge on any atom is 0.290 e. The molecule has 0 saturated heterocycles. The van der Waals surface area contributed by atoms with Gasteiger partial charge in [-0.3, -0.25) is 14.5 Å². The number of nitrogens with zero attached hydrogens (tertiary/aromatic N) is 1. The molecule has 1 aliphatic heterocycles. The zero-order valence-electron chi connectivity index (χ0n) is 16.5. The van der Waals surface area contributed by atoms with Crippen LogP contribution in [0.15, 0.2) is 30.3 Å². The number of hydrogen-bond acceptors (Lipinski definition) is 6. The Morgan fingerprint density at radius 1 is 1.45 bits per heavy atom. The summed E-state index contributed by atoms with van der Waals surface area (Å²) in [5.74, 6) is -0.458. The number of Topliss-reactive ketones (excluding diaryl/α,β-unsaturated/α-hetero) is 1. The van der Waals surface area contributed by atoms with Crippen LogP contribution in [0.3, 0.4) is 0 Å². The van der Waals surface area contributed by atoms with Crippen LogP contribution >= 0.6 is 11.3 Å². The van der Waals surface area contributed by atoms with Crippen molar-refractivity contribution in [1.82, 2.24) is 4.90 Å². The van der Waals surface area contributed by atoms with Crippen LogP contribution in [-0.4, -0.2) is 34.1 Å². The van der Waals surface area contributed by atoms with E-state index in [-0.39, 0.29) is 12.3 Å². The first-order valence-electron chi connectivity index (χ1n) is 9.48. The zero-order valence-corrected chi connectivity index (χ0v) is 17.3. The van der Waals surface area contributed by atoms with Gasteiger partial charge in [0.25, 0.3) is 6.47 Å². The van der Waals surface area contributed by atoms with Crippen LogP contribution < -0.4 is 0 Å². The van der Waals surface area contributed by atoms with Crippen molar-refractivity contribution in [1.29, 1.82) is 0 Å². The van der Waals surface area contributed by atoms with Gasteiger partial charge in [-0.1, -0.05) is 31.5 Å². The van der Waals surface area contributed by atoms with E-state index in [9.17, 15) is 14.4 Å². The standard InChI is InChI=1S/C20H24FNO3S.CH2O2/c1-3-4-9-17(23)19(14-7-5-6-8-16(14)21)22-11-10-18-15(20(22)25-24)12-13(2)26-18;2-1-3/h5-8,12,19-20,24H,3-4,9-11H2,1-2H3;1H,(H,2,3). The van der Waals surface area contributed by atoms with E-state index in [2.05, 4.69) is 0 Å². The van der Waals surface area contributed by atoms with Gasteiger partial charge in [0, 0.05) is 33.8 Å². The number of fused-ring (bicyclic) bond motifs is 1. The number of carbonyl (C=O) groups is 2. The molecule has 0 bridgehead atoms. The average Bonchev–Trinajstić information content (AvgIpc) is 3.08. The molecule has 6 nitrogen and oxygen atoms in total. The lowest BCUT2D eigenvalue weighted by Crippen LogP contribution is -2.42. The van der Waals surface area contributed by atoms with Gasteiger partial charge in [0.1, 0.15) is 5.82 Å². The highest BCUT2D eigenvalue weighted by molar-refractivity contribution is 7.12. The second-order valence-corrected chi connectivity index (χ2v) is 8.12. The highest BCUT2D eigenvalue weighted by atomic mass is 32.1. The van der Waals surface area contributed by atoms with Crippen LogP contribution in [-0.2, 0) is 20.9 Å². The third-order valence-electron chi connectivity index (χ3n) is 4.84. The van der Waals surface area contributed by atoms with Gasteiger partial charge in [0.2, 0.25) is 0 Å². The number of carbonyl (C=O) groups excluding carboxylic acids is 1. The van der Waals surface area contributed by atoms with E-state index in [0.717, 1.165) is 34.6 Å². The lowest BCUT2D eigenvalue weighted by atomic mass is 9.94. The molecule has 0 saturated carbocycles. The van der Waals surface area contributed by atoms with E-state index in [1.165, 1.54) is 6.07 Å². The first kappa shape index (κ1) is 23.2. The number of unbranched alkanes of at least 4 members (excludes halogenated alkanes) is 1. The van der Waals surface area contributed by atoms with E-state index < -0.39 is 18.1 Å². The summed E-state index contributed by atoms with van der Waals surface area (Å²) < 4.78 is 14.5. The summed E-state index contributed by atoms with van der Waals surface area (Å²) in [6, 6.07) is 7.57. The highest BCUT2D eigenvalue weighted by Gasteiger charge is 2.39. The Kier molecular flexibility index (Phi) is 8.91. The van der Waals surface area contributed by atoms with Gasteiger partial charge in [0.05, 0.1) is 6.04 Å². The summed E-state index contributed by atoms with van der Waals surface area (Å²) in [5, 5.41) is 16.5. The van der Waals surface area contributed by atoms with Crippen molar-refractivity contribution in [3.63, 3.8) is 0 Å². The van der Waals surface area contributed by atoms with Crippen molar-refractivity contribution >= 4 is 23.6 Å². The molecule has 3 rings (SSSR count). The van der Waals surface area contributed by atoms with Gasteiger partial charge in [-0.05, 0) is 31.9 Å².